The molecule has 0 spiro atoms. The molecule has 1 saturated heterocycles. The molecule has 4 N–H and O–H groups in total. The first-order chi connectivity index (χ1) is 18.9. The van der Waals surface area contributed by atoms with Crippen molar-refractivity contribution < 1.29 is 14.7 Å². The summed E-state index contributed by atoms with van der Waals surface area (Å²) in [5.74, 6) is -0.668. The average molecular weight is 538 g/mol. The standard InChI is InChI=1S/C30H24ClN5O3/c31-21-10-8-18(9-11-21)29(38)36-28-25(16-32)24(15-26(35-28)23-6-1-2-7-27(23)37)19-4-3-5-20(14-19)30(39)34-22-12-13-33-17-22/h1-11,14-15,22,33,37H,12-13,17H2,(H,34,39)(H,35,36,38). The van der Waals surface area contributed by atoms with Crippen LogP contribution in [0.1, 0.15) is 32.7 Å². The summed E-state index contributed by atoms with van der Waals surface area (Å²) in [6, 6.07) is 23.8. The van der Waals surface area contributed by atoms with E-state index in [4.69, 9.17) is 11.6 Å². The van der Waals surface area contributed by atoms with Crippen LogP contribution in [-0.4, -0.2) is 41.0 Å². The monoisotopic (exact) mass is 537 g/mol. The minimum Gasteiger partial charge on any atom is -0.507 e. The van der Waals surface area contributed by atoms with Gasteiger partial charge in [0.2, 0.25) is 0 Å². The van der Waals surface area contributed by atoms with Gasteiger partial charge in [0.15, 0.2) is 5.82 Å². The summed E-state index contributed by atoms with van der Waals surface area (Å²) in [7, 11) is 0. The number of amides is 2. The number of hydrogen-bond donors (Lipinski definition) is 4. The molecule has 2 amide bonds. The maximum Gasteiger partial charge on any atom is 0.256 e. The number of aromatic nitrogens is 1. The third kappa shape index (κ3) is 5.75. The Kier molecular flexibility index (Phi) is 7.55. The molecule has 3 aromatic carbocycles. The molecule has 1 atom stereocenters. The van der Waals surface area contributed by atoms with E-state index in [0.717, 1.165) is 19.5 Å². The zero-order valence-electron chi connectivity index (χ0n) is 20.7. The highest BCUT2D eigenvalue weighted by atomic mass is 35.5. The van der Waals surface area contributed by atoms with Crippen LogP contribution in [-0.2, 0) is 0 Å². The van der Waals surface area contributed by atoms with Crippen molar-refractivity contribution in [2.75, 3.05) is 18.4 Å². The first-order valence-electron chi connectivity index (χ1n) is 12.4. The van der Waals surface area contributed by atoms with Crippen molar-refractivity contribution in [2.24, 2.45) is 0 Å². The Morgan fingerprint density at radius 2 is 1.77 bits per heavy atom. The Morgan fingerprint density at radius 3 is 2.49 bits per heavy atom. The summed E-state index contributed by atoms with van der Waals surface area (Å²) in [6.45, 7) is 1.57. The summed E-state index contributed by atoms with van der Waals surface area (Å²) < 4.78 is 0. The molecule has 0 saturated carbocycles. The maximum absolute atomic E-state index is 13.1. The predicted octanol–water partition coefficient (Wildman–Crippen LogP) is 4.99. The number of nitrogens with one attached hydrogen (secondary N) is 3. The van der Waals surface area contributed by atoms with Crippen molar-refractivity contribution in [3.63, 3.8) is 0 Å². The van der Waals surface area contributed by atoms with Crippen LogP contribution in [0, 0.1) is 11.3 Å². The van der Waals surface area contributed by atoms with E-state index in [-0.39, 0.29) is 29.1 Å². The minimum atomic E-state index is -0.477. The van der Waals surface area contributed by atoms with E-state index in [2.05, 4.69) is 27.0 Å². The van der Waals surface area contributed by atoms with E-state index in [9.17, 15) is 20.0 Å². The van der Waals surface area contributed by atoms with Crippen LogP contribution in [0.15, 0.2) is 78.9 Å². The smallest absolute Gasteiger partial charge is 0.256 e. The number of para-hydroxylation sites is 1. The van der Waals surface area contributed by atoms with Gasteiger partial charge in [-0.3, -0.25) is 9.59 Å². The van der Waals surface area contributed by atoms with Gasteiger partial charge in [-0.2, -0.15) is 5.26 Å². The lowest BCUT2D eigenvalue weighted by molar-refractivity contribution is 0.0939. The largest absolute Gasteiger partial charge is 0.507 e. The van der Waals surface area contributed by atoms with E-state index in [1.54, 1.807) is 72.8 Å². The Morgan fingerprint density at radius 1 is 0.974 bits per heavy atom. The molecule has 1 aliphatic heterocycles. The quantitative estimate of drug-likeness (QED) is 0.274. The highest BCUT2D eigenvalue weighted by Crippen LogP contribution is 2.35. The fourth-order valence-corrected chi connectivity index (χ4v) is 4.59. The maximum atomic E-state index is 13.1. The highest BCUT2D eigenvalue weighted by Gasteiger charge is 2.21. The summed E-state index contributed by atoms with van der Waals surface area (Å²) >= 11 is 5.96. The molecular weight excluding hydrogens is 514 g/mol. The number of carbonyl (C=O) groups is 2. The third-order valence-corrected chi connectivity index (χ3v) is 6.73. The molecule has 1 aliphatic rings. The Balaban J connectivity index is 1.59. The number of anilines is 1. The van der Waals surface area contributed by atoms with Crippen LogP contribution in [0.3, 0.4) is 0 Å². The van der Waals surface area contributed by atoms with Crippen molar-refractivity contribution in [3.8, 4) is 34.2 Å². The van der Waals surface area contributed by atoms with Gasteiger partial charge in [-0.1, -0.05) is 35.9 Å². The molecule has 9 heteroatoms. The zero-order chi connectivity index (χ0) is 27.4. The van der Waals surface area contributed by atoms with Gasteiger partial charge in [-0.05, 0) is 73.1 Å². The van der Waals surface area contributed by atoms with Gasteiger partial charge < -0.3 is 21.1 Å². The number of benzene rings is 3. The second-order valence-corrected chi connectivity index (χ2v) is 9.55. The first kappa shape index (κ1) is 25.9. The minimum absolute atomic E-state index is 0.00561. The topological polar surface area (TPSA) is 127 Å². The Bertz CT molecular complexity index is 1590. The third-order valence-electron chi connectivity index (χ3n) is 6.48. The number of nitriles is 1. The summed E-state index contributed by atoms with van der Waals surface area (Å²) in [5, 5.41) is 30.2. The van der Waals surface area contributed by atoms with Crippen LogP contribution < -0.4 is 16.0 Å². The molecule has 2 heterocycles. The van der Waals surface area contributed by atoms with Crippen molar-refractivity contribution in [1.29, 1.82) is 5.26 Å². The summed E-state index contributed by atoms with van der Waals surface area (Å²) in [6.07, 6.45) is 0.856. The number of halogens is 1. The van der Waals surface area contributed by atoms with Crippen molar-refractivity contribution in [3.05, 3.63) is 101 Å². The molecule has 0 aliphatic carbocycles. The van der Waals surface area contributed by atoms with E-state index >= 15 is 0 Å². The number of phenols is 1. The molecular formula is C30H24ClN5O3. The zero-order valence-corrected chi connectivity index (χ0v) is 21.5. The molecule has 4 aromatic rings. The van der Waals surface area contributed by atoms with E-state index < -0.39 is 5.91 Å². The van der Waals surface area contributed by atoms with E-state index in [1.807, 2.05) is 0 Å². The number of phenolic OH excluding ortho intramolecular Hbond substituents is 1. The number of rotatable bonds is 6. The normalized spacial score (nSPS) is 14.4. The lowest BCUT2D eigenvalue weighted by atomic mass is 9.96. The van der Waals surface area contributed by atoms with Crippen LogP contribution in [0.2, 0.25) is 5.02 Å². The molecule has 1 unspecified atom stereocenters. The second-order valence-electron chi connectivity index (χ2n) is 9.11. The van der Waals surface area contributed by atoms with Gasteiger partial charge in [-0.15, -0.1) is 0 Å². The molecule has 5 rings (SSSR count). The van der Waals surface area contributed by atoms with Gasteiger partial charge in [-0.25, -0.2) is 4.98 Å². The SMILES string of the molecule is N#Cc1c(-c2cccc(C(=O)NC3CCNC3)c2)cc(-c2ccccc2O)nc1NC(=O)c1ccc(Cl)cc1. The average Bonchev–Trinajstić information content (AvgIpc) is 3.46. The molecule has 1 fully saturated rings. The van der Waals surface area contributed by atoms with Crippen molar-refractivity contribution >= 4 is 29.2 Å². The van der Waals surface area contributed by atoms with Crippen LogP contribution in [0.5, 0.6) is 5.75 Å². The van der Waals surface area contributed by atoms with E-state index in [0.29, 0.717) is 38.5 Å². The number of carbonyl (C=O) groups excluding carboxylic acids is 2. The predicted molar refractivity (Wildman–Crippen MR) is 150 cm³/mol. The second kappa shape index (κ2) is 11.4. The molecule has 39 heavy (non-hydrogen) atoms. The molecule has 0 bridgehead atoms. The molecule has 1 aromatic heterocycles. The van der Waals surface area contributed by atoms with Crippen LogP contribution >= 0.6 is 11.6 Å². The molecule has 194 valence electrons. The summed E-state index contributed by atoms with van der Waals surface area (Å²) in [5.41, 5.74) is 2.71. The van der Waals surface area contributed by atoms with Gasteiger partial charge in [0.05, 0.1) is 5.69 Å². The number of hydrogen-bond acceptors (Lipinski definition) is 6. The van der Waals surface area contributed by atoms with Gasteiger partial charge in [0.25, 0.3) is 11.8 Å². The fraction of sp³-hybridized carbons (Fsp3) is 0.133. The number of nitrogens with zero attached hydrogens (tertiary/aromatic N) is 2. The van der Waals surface area contributed by atoms with Gasteiger partial charge >= 0.3 is 0 Å². The lowest BCUT2D eigenvalue weighted by Gasteiger charge is -2.15. The van der Waals surface area contributed by atoms with E-state index in [1.165, 1.54) is 6.07 Å². The van der Waals surface area contributed by atoms with Gasteiger partial charge in [0, 0.05) is 39.9 Å². The van der Waals surface area contributed by atoms with Gasteiger partial charge in [0.1, 0.15) is 17.4 Å². The fourth-order valence-electron chi connectivity index (χ4n) is 4.46. The lowest BCUT2D eigenvalue weighted by Crippen LogP contribution is -2.36. The number of pyridine rings is 1. The number of aromatic hydroxyl groups is 1. The van der Waals surface area contributed by atoms with Crippen LogP contribution in [0.4, 0.5) is 5.82 Å². The highest BCUT2D eigenvalue weighted by molar-refractivity contribution is 6.30. The summed E-state index contributed by atoms with van der Waals surface area (Å²) in [4.78, 5) is 30.5. The Hall–Kier alpha value is -4.71. The molecule has 0 radical (unpaired) electrons. The molecule has 8 nitrogen and oxygen atoms in total. The Labute approximate surface area is 230 Å². The van der Waals surface area contributed by atoms with Crippen molar-refractivity contribution in [1.82, 2.24) is 15.6 Å². The van der Waals surface area contributed by atoms with Crippen molar-refractivity contribution in [2.45, 2.75) is 12.5 Å². The van der Waals surface area contributed by atoms with Crippen LogP contribution in [0.25, 0.3) is 22.4 Å². The first-order valence-corrected chi connectivity index (χ1v) is 12.7.